The smallest absolute Gasteiger partial charge is 0.338 e. The lowest BCUT2D eigenvalue weighted by Gasteiger charge is -2.08. The molecule has 1 aromatic carbocycles. The van der Waals surface area contributed by atoms with Crippen molar-refractivity contribution >= 4 is 17.1 Å². The Balaban J connectivity index is 2.26. The zero-order valence-corrected chi connectivity index (χ0v) is 14.3. The lowest BCUT2D eigenvalue weighted by Crippen LogP contribution is -2.05. The normalized spacial score (nSPS) is 11.1. The fraction of sp³-hybridized carbons (Fsp3) is 0.278. The minimum absolute atomic E-state index is 0.0232. The average molecular weight is 344 g/mol. The number of methoxy groups -OCH3 is 2. The first kappa shape index (κ1) is 16.9. The molecule has 6 nitrogen and oxygen atoms in total. The standard InChI is InChI=1S/C18H17FN2O4/c1-9(2)16-15-12(18(22)24-4)8-14(20-17(15)25-21-16)11-6-5-10(23-3)7-13(11)19/h5-9H,1-4H3. The molecule has 0 fully saturated rings. The Hall–Kier alpha value is -2.96. The first-order valence-electron chi connectivity index (χ1n) is 7.68. The van der Waals surface area contributed by atoms with Crippen LogP contribution >= 0.6 is 0 Å². The van der Waals surface area contributed by atoms with Gasteiger partial charge in [-0.1, -0.05) is 19.0 Å². The number of fused-ring (bicyclic) bond motifs is 1. The average Bonchev–Trinajstić information content (AvgIpc) is 3.04. The van der Waals surface area contributed by atoms with Crippen LogP contribution in [0.5, 0.6) is 5.75 Å². The Morgan fingerprint density at radius 2 is 2.00 bits per heavy atom. The second-order valence-corrected chi connectivity index (χ2v) is 5.80. The van der Waals surface area contributed by atoms with Crippen LogP contribution in [0.4, 0.5) is 4.39 Å². The van der Waals surface area contributed by atoms with E-state index in [4.69, 9.17) is 14.0 Å². The maximum absolute atomic E-state index is 14.4. The molecule has 0 saturated heterocycles. The van der Waals surface area contributed by atoms with Crippen molar-refractivity contribution in [3.63, 3.8) is 0 Å². The summed E-state index contributed by atoms with van der Waals surface area (Å²) in [7, 11) is 2.74. The summed E-state index contributed by atoms with van der Waals surface area (Å²) in [4.78, 5) is 16.6. The number of hydrogen-bond acceptors (Lipinski definition) is 6. The van der Waals surface area contributed by atoms with Gasteiger partial charge in [-0.05, 0) is 24.1 Å². The second kappa shape index (κ2) is 6.51. The molecule has 0 bridgehead atoms. The Kier molecular flexibility index (Phi) is 4.39. The van der Waals surface area contributed by atoms with Crippen LogP contribution in [0.1, 0.15) is 35.8 Å². The first-order valence-corrected chi connectivity index (χ1v) is 7.68. The van der Waals surface area contributed by atoms with Crippen LogP contribution in [-0.4, -0.2) is 30.3 Å². The molecule has 0 spiro atoms. The largest absolute Gasteiger partial charge is 0.497 e. The van der Waals surface area contributed by atoms with Gasteiger partial charge in [0.05, 0.1) is 36.6 Å². The zero-order chi connectivity index (χ0) is 18.1. The molecule has 0 aliphatic heterocycles. The maximum Gasteiger partial charge on any atom is 0.338 e. The van der Waals surface area contributed by atoms with E-state index in [1.165, 1.54) is 32.4 Å². The van der Waals surface area contributed by atoms with E-state index in [2.05, 4.69) is 10.1 Å². The summed E-state index contributed by atoms with van der Waals surface area (Å²) < 4.78 is 29.5. The molecule has 0 unspecified atom stereocenters. The third-order valence-corrected chi connectivity index (χ3v) is 3.88. The van der Waals surface area contributed by atoms with Crippen LogP contribution in [0, 0.1) is 5.82 Å². The number of nitrogens with zero attached hydrogens (tertiary/aromatic N) is 2. The quantitative estimate of drug-likeness (QED) is 0.667. The molecule has 7 heteroatoms. The van der Waals surface area contributed by atoms with E-state index in [0.29, 0.717) is 16.8 Å². The van der Waals surface area contributed by atoms with E-state index in [1.54, 1.807) is 6.07 Å². The number of pyridine rings is 1. The lowest BCUT2D eigenvalue weighted by molar-refractivity contribution is 0.0603. The van der Waals surface area contributed by atoms with Gasteiger partial charge in [0.1, 0.15) is 11.6 Å². The van der Waals surface area contributed by atoms with E-state index in [9.17, 15) is 9.18 Å². The van der Waals surface area contributed by atoms with Crippen molar-refractivity contribution in [3.8, 4) is 17.0 Å². The zero-order valence-electron chi connectivity index (χ0n) is 14.3. The van der Waals surface area contributed by atoms with Crippen molar-refractivity contribution < 1.29 is 23.2 Å². The van der Waals surface area contributed by atoms with Crippen LogP contribution in [0.25, 0.3) is 22.4 Å². The Labute approximate surface area is 143 Å². The molecule has 0 N–H and O–H groups in total. The second-order valence-electron chi connectivity index (χ2n) is 5.80. The van der Waals surface area contributed by atoms with Gasteiger partial charge in [-0.2, -0.15) is 0 Å². The molecule has 2 aromatic heterocycles. The first-order chi connectivity index (χ1) is 12.0. The van der Waals surface area contributed by atoms with E-state index >= 15 is 0 Å². The fourth-order valence-corrected chi connectivity index (χ4v) is 2.61. The van der Waals surface area contributed by atoms with Crippen LogP contribution in [0.3, 0.4) is 0 Å². The SMILES string of the molecule is COC(=O)c1cc(-c2ccc(OC)cc2F)nc2onc(C(C)C)c12. The van der Waals surface area contributed by atoms with Gasteiger partial charge < -0.3 is 14.0 Å². The predicted octanol–water partition coefficient (Wildman–Crippen LogP) is 3.95. The van der Waals surface area contributed by atoms with E-state index < -0.39 is 11.8 Å². The summed E-state index contributed by atoms with van der Waals surface area (Å²) in [6.45, 7) is 3.85. The molecule has 0 amide bonds. The molecule has 25 heavy (non-hydrogen) atoms. The van der Waals surface area contributed by atoms with Crippen molar-refractivity contribution in [2.75, 3.05) is 14.2 Å². The Morgan fingerprint density at radius 3 is 2.60 bits per heavy atom. The Bertz CT molecular complexity index is 950. The summed E-state index contributed by atoms with van der Waals surface area (Å²) in [5.74, 6) is -0.675. The predicted molar refractivity (Wildman–Crippen MR) is 89.2 cm³/mol. The van der Waals surface area contributed by atoms with Crippen LogP contribution in [-0.2, 0) is 4.74 Å². The molecule has 0 atom stereocenters. The molecule has 3 aromatic rings. The molecular formula is C18H17FN2O4. The number of aromatic nitrogens is 2. The summed E-state index contributed by atoms with van der Waals surface area (Å²) in [5, 5.41) is 4.48. The molecule has 0 aliphatic rings. The molecule has 0 saturated carbocycles. The van der Waals surface area contributed by atoms with Crippen molar-refractivity contribution in [1.29, 1.82) is 0 Å². The third kappa shape index (κ3) is 2.93. The van der Waals surface area contributed by atoms with Crippen LogP contribution in [0.15, 0.2) is 28.8 Å². The summed E-state index contributed by atoms with van der Waals surface area (Å²) in [5.41, 5.74) is 1.47. The minimum atomic E-state index is -0.562. The van der Waals surface area contributed by atoms with E-state index in [0.717, 1.165) is 0 Å². The number of benzene rings is 1. The summed E-state index contributed by atoms with van der Waals surface area (Å²) in [6.07, 6.45) is 0. The van der Waals surface area contributed by atoms with Crippen LogP contribution < -0.4 is 4.74 Å². The van der Waals surface area contributed by atoms with Crippen molar-refractivity contribution in [3.05, 3.63) is 41.3 Å². The highest BCUT2D eigenvalue weighted by Gasteiger charge is 2.23. The number of halogens is 1. The molecule has 3 rings (SSSR count). The van der Waals surface area contributed by atoms with Crippen LogP contribution in [0.2, 0.25) is 0 Å². The highest BCUT2D eigenvalue weighted by Crippen LogP contribution is 2.32. The highest BCUT2D eigenvalue weighted by molar-refractivity contribution is 6.04. The highest BCUT2D eigenvalue weighted by atomic mass is 19.1. The maximum atomic E-state index is 14.4. The van der Waals surface area contributed by atoms with Crippen molar-refractivity contribution in [2.45, 2.75) is 19.8 Å². The lowest BCUT2D eigenvalue weighted by atomic mass is 10.0. The van der Waals surface area contributed by atoms with Crippen molar-refractivity contribution in [1.82, 2.24) is 10.1 Å². The number of rotatable bonds is 4. The molecule has 130 valence electrons. The molecule has 0 radical (unpaired) electrons. The van der Waals surface area contributed by atoms with Gasteiger partial charge in [0.15, 0.2) is 0 Å². The summed E-state index contributed by atoms with van der Waals surface area (Å²) >= 11 is 0. The van der Waals surface area contributed by atoms with Gasteiger partial charge >= 0.3 is 5.97 Å². The summed E-state index contributed by atoms with van der Waals surface area (Å²) in [6, 6.07) is 5.88. The number of carbonyl (C=O) groups is 1. The molecule has 0 aliphatic carbocycles. The third-order valence-electron chi connectivity index (χ3n) is 3.88. The van der Waals surface area contributed by atoms with Gasteiger partial charge in [-0.3, -0.25) is 0 Å². The van der Waals surface area contributed by atoms with Gasteiger partial charge in [-0.25, -0.2) is 14.2 Å². The van der Waals surface area contributed by atoms with Gasteiger partial charge in [-0.15, -0.1) is 0 Å². The monoisotopic (exact) mass is 344 g/mol. The van der Waals surface area contributed by atoms with Gasteiger partial charge in [0.2, 0.25) is 0 Å². The van der Waals surface area contributed by atoms with Gasteiger partial charge in [0.25, 0.3) is 5.71 Å². The molecule has 2 heterocycles. The topological polar surface area (TPSA) is 74.5 Å². The number of esters is 1. The van der Waals surface area contributed by atoms with Gasteiger partial charge in [0, 0.05) is 11.6 Å². The number of carbonyl (C=O) groups excluding carboxylic acids is 1. The minimum Gasteiger partial charge on any atom is -0.497 e. The van der Waals surface area contributed by atoms with Crippen molar-refractivity contribution in [2.24, 2.45) is 0 Å². The van der Waals surface area contributed by atoms with E-state index in [1.807, 2.05) is 13.8 Å². The Morgan fingerprint density at radius 1 is 1.24 bits per heavy atom. The number of ether oxygens (including phenoxy) is 2. The number of hydrogen-bond donors (Lipinski definition) is 0. The van der Waals surface area contributed by atoms with E-state index in [-0.39, 0.29) is 28.5 Å². The fourth-order valence-electron chi connectivity index (χ4n) is 2.61. The molecular weight excluding hydrogens is 327 g/mol.